The minimum absolute atomic E-state index is 0.230. The first-order valence-electron chi connectivity index (χ1n) is 5.80. The number of benzene rings is 1. The number of hydrogen-bond acceptors (Lipinski definition) is 4. The van der Waals surface area contributed by atoms with Gasteiger partial charge in [0.15, 0.2) is 17.3 Å². The molecule has 1 aromatic carbocycles. The maximum absolute atomic E-state index is 6.02. The molecule has 1 aliphatic heterocycles. The first-order chi connectivity index (χ1) is 9.17. The summed E-state index contributed by atoms with van der Waals surface area (Å²) in [6.45, 7) is 2.26. The van der Waals surface area contributed by atoms with Gasteiger partial charge in [0.1, 0.15) is 5.15 Å². The van der Waals surface area contributed by atoms with Crippen LogP contribution in [0.2, 0.25) is 5.15 Å². The molecular weight excluding hydrogens is 332 g/mol. The summed E-state index contributed by atoms with van der Waals surface area (Å²) in [5.74, 6) is 1.98. The molecule has 0 radical (unpaired) electrons. The van der Waals surface area contributed by atoms with Crippen LogP contribution >= 0.6 is 27.5 Å². The van der Waals surface area contributed by atoms with Crippen LogP contribution in [0, 0.1) is 0 Å². The van der Waals surface area contributed by atoms with Crippen LogP contribution in [-0.2, 0) is 6.42 Å². The van der Waals surface area contributed by atoms with Crippen LogP contribution in [-0.4, -0.2) is 16.8 Å². The molecule has 98 valence electrons. The van der Waals surface area contributed by atoms with Gasteiger partial charge in [0.05, 0.1) is 4.47 Å². The third-order valence-electron chi connectivity index (χ3n) is 2.80. The van der Waals surface area contributed by atoms with Crippen molar-refractivity contribution in [2.75, 3.05) is 6.79 Å². The van der Waals surface area contributed by atoms with Crippen molar-refractivity contribution < 1.29 is 9.47 Å². The summed E-state index contributed by atoms with van der Waals surface area (Å²) >= 11 is 9.47. The Balaban J connectivity index is 2.12. The van der Waals surface area contributed by atoms with E-state index >= 15 is 0 Å². The zero-order valence-electron chi connectivity index (χ0n) is 10.1. The normalized spacial score (nSPS) is 12.8. The molecule has 0 N–H and O–H groups in total. The number of aromatic nitrogens is 2. The number of nitrogens with zero attached hydrogens (tertiary/aromatic N) is 2. The van der Waals surface area contributed by atoms with E-state index in [4.69, 9.17) is 21.1 Å². The Morgan fingerprint density at radius 1 is 1.26 bits per heavy atom. The Bertz CT molecular complexity index is 649. The molecule has 0 atom stereocenters. The number of ether oxygens (including phenoxy) is 2. The van der Waals surface area contributed by atoms with Crippen LogP contribution < -0.4 is 9.47 Å². The van der Waals surface area contributed by atoms with E-state index in [2.05, 4.69) is 25.9 Å². The Labute approximate surface area is 123 Å². The molecule has 0 bridgehead atoms. The third kappa shape index (κ3) is 2.40. The van der Waals surface area contributed by atoms with E-state index in [1.807, 2.05) is 19.1 Å². The van der Waals surface area contributed by atoms with Gasteiger partial charge in [0.25, 0.3) is 0 Å². The average molecular weight is 342 g/mol. The molecule has 0 fully saturated rings. The zero-order valence-corrected chi connectivity index (χ0v) is 12.5. The SMILES string of the molecule is CCc1cc(Cl)nc(-c2cc(Br)c3c(c2)OCO3)n1. The Kier molecular flexibility index (Phi) is 3.33. The summed E-state index contributed by atoms with van der Waals surface area (Å²) in [6.07, 6.45) is 0.807. The van der Waals surface area contributed by atoms with Gasteiger partial charge in [-0.2, -0.15) is 0 Å². The van der Waals surface area contributed by atoms with E-state index in [0.717, 1.165) is 22.2 Å². The predicted molar refractivity (Wildman–Crippen MR) is 75.7 cm³/mol. The van der Waals surface area contributed by atoms with E-state index < -0.39 is 0 Å². The van der Waals surface area contributed by atoms with Crippen LogP contribution in [0.25, 0.3) is 11.4 Å². The van der Waals surface area contributed by atoms with Crippen molar-refractivity contribution in [1.82, 2.24) is 9.97 Å². The largest absolute Gasteiger partial charge is 0.454 e. The molecule has 0 amide bonds. The Morgan fingerprint density at radius 2 is 2.11 bits per heavy atom. The molecule has 0 aliphatic carbocycles. The van der Waals surface area contributed by atoms with Gasteiger partial charge in [-0.15, -0.1) is 0 Å². The highest BCUT2D eigenvalue weighted by molar-refractivity contribution is 9.10. The van der Waals surface area contributed by atoms with Crippen molar-refractivity contribution >= 4 is 27.5 Å². The molecule has 1 aromatic heterocycles. The summed E-state index contributed by atoms with van der Waals surface area (Å²) in [6, 6.07) is 5.53. The standard InChI is InChI=1S/C13H10BrClN2O2/c1-2-8-5-11(15)17-13(16-8)7-3-9(14)12-10(4-7)18-6-19-12/h3-5H,2,6H2,1H3. The second-order valence-corrected chi connectivity index (χ2v) is 5.29. The Hall–Kier alpha value is -1.33. The van der Waals surface area contributed by atoms with Gasteiger partial charge >= 0.3 is 0 Å². The molecule has 0 spiro atoms. The van der Waals surface area contributed by atoms with Gasteiger partial charge in [-0.25, -0.2) is 9.97 Å². The summed E-state index contributed by atoms with van der Waals surface area (Å²) in [5, 5.41) is 0.440. The van der Waals surface area contributed by atoms with E-state index in [-0.39, 0.29) is 6.79 Å². The first-order valence-corrected chi connectivity index (χ1v) is 6.97. The van der Waals surface area contributed by atoms with Gasteiger partial charge in [-0.05, 0) is 40.5 Å². The summed E-state index contributed by atoms with van der Waals surface area (Å²) in [5.41, 5.74) is 1.75. The van der Waals surface area contributed by atoms with E-state index in [1.54, 1.807) is 6.07 Å². The van der Waals surface area contributed by atoms with Crippen molar-refractivity contribution in [3.05, 3.63) is 33.5 Å². The second-order valence-electron chi connectivity index (χ2n) is 4.05. The monoisotopic (exact) mass is 340 g/mol. The van der Waals surface area contributed by atoms with E-state index in [1.165, 1.54) is 0 Å². The van der Waals surface area contributed by atoms with Crippen molar-refractivity contribution in [2.24, 2.45) is 0 Å². The number of halogens is 2. The highest BCUT2D eigenvalue weighted by atomic mass is 79.9. The summed E-state index contributed by atoms with van der Waals surface area (Å²) in [4.78, 5) is 8.73. The topological polar surface area (TPSA) is 44.2 Å². The van der Waals surface area contributed by atoms with Crippen LogP contribution in [0.1, 0.15) is 12.6 Å². The van der Waals surface area contributed by atoms with Crippen molar-refractivity contribution in [1.29, 1.82) is 0 Å². The third-order valence-corrected chi connectivity index (χ3v) is 3.58. The van der Waals surface area contributed by atoms with Gasteiger partial charge in [0, 0.05) is 11.3 Å². The highest BCUT2D eigenvalue weighted by Gasteiger charge is 2.19. The maximum Gasteiger partial charge on any atom is 0.231 e. The maximum atomic E-state index is 6.02. The fourth-order valence-electron chi connectivity index (χ4n) is 1.87. The average Bonchev–Trinajstić information content (AvgIpc) is 2.86. The number of rotatable bonds is 2. The predicted octanol–water partition coefficient (Wildman–Crippen LogP) is 3.85. The molecule has 2 aromatic rings. The van der Waals surface area contributed by atoms with Crippen molar-refractivity contribution in [3.63, 3.8) is 0 Å². The molecule has 2 heterocycles. The molecule has 6 heteroatoms. The molecule has 0 saturated carbocycles. The lowest BCUT2D eigenvalue weighted by Crippen LogP contribution is -1.95. The van der Waals surface area contributed by atoms with Crippen LogP contribution in [0.3, 0.4) is 0 Å². The fraction of sp³-hybridized carbons (Fsp3) is 0.231. The van der Waals surface area contributed by atoms with Gasteiger partial charge < -0.3 is 9.47 Å². The minimum Gasteiger partial charge on any atom is -0.454 e. The molecule has 0 saturated heterocycles. The fourth-order valence-corrected chi connectivity index (χ4v) is 2.63. The molecular formula is C13H10BrClN2O2. The molecule has 0 unspecified atom stereocenters. The lowest BCUT2D eigenvalue weighted by atomic mass is 10.2. The quantitative estimate of drug-likeness (QED) is 0.778. The number of fused-ring (bicyclic) bond motifs is 1. The zero-order chi connectivity index (χ0) is 13.4. The van der Waals surface area contributed by atoms with Gasteiger partial charge in [0.2, 0.25) is 6.79 Å². The first kappa shape index (κ1) is 12.7. The highest BCUT2D eigenvalue weighted by Crippen LogP contribution is 2.42. The number of hydrogen-bond donors (Lipinski definition) is 0. The van der Waals surface area contributed by atoms with Crippen LogP contribution in [0.4, 0.5) is 0 Å². The van der Waals surface area contributed by atoms with Crippen LogP contribution in [0.5, 0.6) is 11.5 Å². The van der Waals surface area contributed by atoms with Crippen molar-refractivity contribution in [3.8, 4) is 22.9 Å². The Morgan fingerprint density at radius 3 is 2.89 bits per heavy atom. The molecule has 19 heavy (non-hydrogen) atoms. The molecule has 1 aliphatic rings. The minimum atomic E-state index is 0.230. The van der Waals surface area contributed by atoms with Crippen LogP contribution in [0.15, 0.2) is 22.7 Å². The lowest BCUT2D eigenvalue weighted by Gasteiger charge is -2.06. The van der Waals surface area contributed by atoms with E-state index in [0.29, 0.717) is 22.5 Å². The van der Waals surface area contributed by atoms with Crippen molar-refractivity contribution in [2.45, 2.75) is 13.3 Å². The lowest BCUT2D eigenvalue weighted by molar-refractivity contribution is 0.173. The summed E-state index contributed by atoms with van der Waals surface area (Å²) < 4.78 is 11.6. The second kappa shape index (κ2) is 4.98. The van der Waals surface area contributed by atoms with Gasteiger partial charge in [-0.1, -0.05) is 18.5 Å². The summed E-state index contributed by atoms with van der Waals surface area (Å²) in [7, 11) is 0. The van der Waals surface area contributed by atoms with E-state index in [9.17, 15) is 0 Å². The number of aryl methyl sites for hydroxylation is 1. The molecule has 4 nitrogen and oxygen atoms in total. The smallest absolute Gasteiger partial charge is 0.231 e. The van der Waals surface area contributed by atoms with Gasteiger partial charge in [-0.3, -0.25) is 0 Å². The molecule has 3 rings (SSSR count).